The normalized spacial score (nSPS) is 10.7. The average Bonchev–Trinajstić information content (AvgIpc) is 2.69. The first-order valence-electron chi connectivity index (χ1n) is 8.69. The number of methoxy groups -OCH3 is 3. The molecule has 0 aliphatic carbocycles. The van der Waals surface area contributed by atoms with E-state index in [9.17, 15) is 0 Å². The minimum Gasteiger partial charge on any atom is -0.493 e. The summed E-state index contributed by atoms with van der Waals surface area (Å²) >= 11 is 0. The first kappa shape index (κ1) is 18.6. The van der Waals surface area contributed by atoms with Gasteiger partial charge in [0.1, 0.15) is 5.75 Å². The molecule has 27 heavy (non-hydrogen) atoms. The van der Waals surface area contributed by atoms with Crippen LogP contribution in [0.4, 0.5) is 5.69 Å². The van der Waals surface area contributed by atoms with Gasteiger partial charge in [0, 0.05) is 17.8 Å². The van der Waals surface area contributed by atoms with E-state index in [-0.39, 0.29) is 0 Å². The van der Waals surface area contributed by atoms with Crippen molar-refractivity contribution in [3.8, 4) is 23.0 Å². The van der Waals surface area contributed by atoms with Crippen molar-refractivity contribution in [3.05, 3.63) is 47.8 Å². The van der Waals surface area contributed by atoms with Crippen molar-refractivity contribution in [1.82, 2.24) is 4.98 Å². The maximum absolute atomic E-state index is 6.27. The van der Waals surface area contributed by atoms with Crippen LogP contribution in [0.15, 0.2) is 36.7 Å². The van der Waals surface area contributed by atoms with Gasteiger partial charge in [-0.15, -0.1) is 0 Å². The zero-order valence-corrected chi connectivity index (χ0v) is 16.0. The predicted molar refractivity (Wildman–Crippen MR) is 106 cm³/mol. The number of aromatic nitrogens is 1. The van der Waals surface area contributed by atoms with Crippen molar-refractivity contribution >= 4 is 16.5 Å². The lowest BCUT2D eigenvalue weighted by atomic mass is 9.99. The highest BCUT2D eigenvalue weighted by molar-refractivity contribution is 5.97. The van der Waals surface area contributed by atoms with Gasteiger partial charge in [-0.1, -0.05) is 6.07 Å². The molecule has 0 atom stereocenters. The van der Waals surface area contributed by atoms with Gasteiger partial charge < -0.3 is 24.7 Å². The summed E-state index contributed by atoms with van der Waals surface area (Å²) in [4.78, 5) is 4.37. The molecule has 0 fully saturated rings. The van der Waals surface area contributed by atoms with Crippen molar-refractivity contribution in [3.63, 3.8) is 0 Å². The smallest absolute Gasteiger partial charge is 0.203 e. The van der Waals surface area contributed by atoms with Crippen LogP contribution in [-0.4, -0.2) is 32.9 Å². The number of anilines is 1. The summed E-state index contributed by atoms with van der Waals surface area (Å²) in [6.07, 6.45) is 4.27. The lowest BCUT2D eigenvalue weighted by Crippen LogP contribution is -2.00. The summed E-state index contributed by atoms with van der Waals surface area (Å²) in [6, 6.07) is 7.81. The zero-order valence-electron chi connectivity index (χ0n) is 16.0. The number of rotatable bonds is 7. The number of ether oxygens (including phenoxy) is 4. The molecule has 3 aromatic rings. The predicted octanol–water partition coefficient (Wildman–Crippen LogP) is 3.83. The molecule has 0 aliphatic rings. The Hall–Kier alpha value is -3.15. The Kier molecular flexibility index (Phi) is 5.54. The van der Waals surface area contributed by atoms with Gasteiger partial charge in [-0.3, -0.25) is 4.98 Å². The van der Waals surface area contributed by atoms with Gasteiger partial charge in [0.15, 0.2) is 11.5 Å². The van der Waals surface area contributed by atoms with Crippen LogP contribution in [0.1, 0.15) is 18.1 Å². The highest BCUT2D eigenvalue weighted by Crippen LogP contribution is 2.39. The molecule has 0 unspecified atom stereocenters. The number of nitrogens with two attached hydrogens (primary N) is 1. The fourth-order valence-electron chi connectivity index (χ4n) is 3.19. The molecule has 2 N–H and O–H groups in total. The number of hydrogen-bond donors (Lipinski definition) is 1. The lowest BCUT2D eigenvalue weighted by molar-refractivity contribution is 0.324. The summed E-state index contributed by atoms with van der Waals surface area (Å²) in [7, 11) is 4.81. The lowest BCUT2D eigenvalue weighted by Gasteiger charge is -2.15. The Morgan fingerprint density at radius 2 is 1.59 bits per heavy atom. The molecule has 0 bridgehead atoms. The highest BCUT2D eigenvalue weighted by Gasteiger charge is 2.15. The molecule has 3 rings (SSSR count). The number of pyridine rings is 1. The quantitative estimate of drug-likeness (QED) is 0.639. The standard InChI is InChI=1S/C21H24N2O4/c1-5-27-17-7-6-15-14(11-23-12-16(15)20(17)22)8-13-9-18(24-2)21(26-4)19(10-13)25-3/h6-7,9-12H,5,8,22H2,1-4H3. The van der Waals surface area contributed by atoms with Gasteiger partial charge in [-0.2, -0.15) is 0 Å². The maximum Gasteiger partial charge on any atom is 0.203 e. The third-order valence-electron chi connectivity index (χ3n) is 4.45. The van der Waals surface area contributed by atoms with Gasteiger partial charge in [0.25, 0.3) is 0 Å². The Balaban J connectivity index is 2.06. The molecule has 0 saturated carbocycles. The van der Waals surface area contributed by atoms with Crippen molar-refractivity contribution < 1.29 is 18.9 Å². The van der Waals surface area contributed by atoms with Gasteiger partial charge in [0.05, 0.1) is 33.6 Å². The second kappa shape index (κ2) is 8.03. The van der Waals surface area contributed by atoms with Gasteiger partial charge in [0.2, 0.25) is 5.75 Å². The SMILES string of the molecule is CCOc1ccc2c(Cc3cc(OC)c(OC)c(OC)c3)cncc2c1N. The molecule has 2 aromatic carbocycles. The Labute approximate surface area is 158 Å². The van der Waals surface area contributed by atoms with Crippen LogP contribution >= 0.6 is 0 Å². The molecule has 1 aromatic heterocycles. The van der Waals surface area contributed by atoms with Crippen LogP contribution in [0.25, 0.3) is 10.8 Å². The molecule has 0 radical (unpaired) electrons. The van der Waals surface area contributed by atoms with E-state index < -0.39 is 0 Å². The zero-order chi connectivity index (χ0) is 19.4. The van der Waals surface area contributed by atoms with E-state index in [4.69, 9.17) is 24.7 Å². The Morgan fingerprint density at radius 1 is 0.889 bits per heavy atom. The van der Waals surface area contributed by atoms with Crippen LogP contribution in [0.5, 0.6) is 23.0 Å². The number of hydrogen-bond acceptors (Lipinski definition) is 6. The fraction of sp³-hybridized carbons (Fsp3) is 0.286. The monoisotopic (exact) mass is 368 g/mol. The summed E-state index contributed by atoms with van der Waals surface area (Å²) in [5, 5.41) is 1.92. The minimum atomic E-state index is 0.564. The molecule has 142 valence electrons. The fourth-order valence-corrected chi connectivity index (χ4v) is 3.19. The van der Waals surface area contributed by atoms with Crippen LogP contribution in [0.3, 0.4) is 0 Å². The first-order chi connectivity index (χ1) is 13.1. The van der Waals surface area contributed by atoms with Gasteiger partial charge >= 0.3 is 0 Å². The highest BCUT2D eigenvalue weighted by atomic mass is 16.5. The largest absolute Gasteiger partial charge is 0.493 e. The molecule has 0 saturated heterocycles. The van der Waals surface area contributed by atoms with E-state index in [0.29, 0.717) is 41.7 Å². The summed E-state index contributed by atoms with van der Waals surface area (Å²) in [5.74, 6) is 2.50. The van der Waals surface area contributed by atoms with Crippen LogP contribution in [-0.2, 0) is 6.42 Å². The van der Waals surface area contributed by atoms with Gasteiger partial charge in [-0.05, 0) is 48.1 Å². The molecular formula is C21H24N2O4. The van der Waals surface area contributed by atoms with Crippen molar-refractivity contribution in [2.75, 3.05) is 33.7 Å². The van der Waals surface area contributed by atoms with E-state index >= 15 is 0 Å². The van der Waals surface area contributed by atoms with Crippen molar-refractivity contribution in [1.29, 1.82) is 0 Å². The number of nitrogen functional groups attached to an aromatic ring is 1. The number of nitrogens with zero attached hydrogens (tertiary/aromatic N) is 1. The third-order valence-corrected chi connectivity index (χ3v) is 4.45. The topological polar surface area (TPSA) is 75.8 Å². The summed E-state index contributed by atoms with van der Waals surface area (Å²) in [5.41, 5.74) is 8.95. The van der Waals surface area contributed by atoms with E-state index in [1.54, 1.807) is 27.5 Å². The van der Waals surface area contributed by atoms with Crippen molar-refractivity contribution in [2.24, 2.45) is 0 Å². The first-order valence-corrected chi connectivity index (χ1v) is 8.69. The number of fused-ring (bicyclic) bond motifs is 1. The molecule has 6 heteroatoms. The minimum absolute atomic E-state index is 0.564. The van der Waals surface area contributed by atoms with Crippen molar-refractivity contribution in [2.45, 2.75) is 13.3 Å². The molecule has 0 spiro atoms. The average molecular weight is 368 g/mol. The molecule has 6 nitrogen and oxygen atoms in total. The third kappa shape index (κ3) is 3.56. The molecular weight excluding hydrogens is 344 g/mol. The number of benzene rings is 2. The molecule has 1 heterocycles. The maximum atomic E-state index is 6.27. The Morgan fingerprint density at radius 3 is 2.19 bits per heavy atom. The molecule has 0 amide bonds. The van der Waals surface area contributed by atoms with Crippen LogP contribution in [0.2, 0.25) is 0 Å². The summed E-state index contributed by atoms with van der Waals surface area (Å²) < 4.78 is 21.9. The van der Waals surface area contributed by atoms with Crippen LogP contribution in [0, 0.1) is 0 Å². The van der Waals surface area contributed by atoms with E-state index in [1.165, 1.54) is 0 Å². The van der Waals surface area contributed by atoms with E-state index in [1.807, 2.05) is 37.4 Å². The second-order valence-electron chi connectivity index (χ2n) is 6.01. The van der Waals surface area contributed by atoms with E-state index in [2.05, 4.69) is 4.98 Å². The Bertz CT molecular complexity index is 931. The molecule has 0 aliphatic heterocycles. The second-order valence-corrected chi connectivity index (χ2v) is 6.01. The van der Waals surface area contributed by atoms with Gasteiger partial charge in [-0.25, -0.2) is 0 Å². The van der Waals surface area contributed by atoms with E-state index in [0.717, 1.165) is 21.9 Å². The van der Waals surface area contributed by atoms with Crippen LogP contribution < -0.4 is 24.7 Å². The summed E-state index contributed by atoms with van der Waals surface area (Å²) in [6.45, 7) is 2.50.